The normalized spacial score (nSPS) is 10.5. The van der Waals surface area contributed by atoms with Crippen LogP contribution in [-0.2, 0) is 6.54 Å². The number of aromatic nitrogens is 4. The minimum Gasteiger partial charge on any atom is -0.477 e. The topological polar surface area (TPSA) is 99.0 Å². The molecule has 10 heteroatoms. The fraction of sp³-hybridized carbons (Fsp3) is 0.160. The molecule has 0 saturated carbocycles. The van der Waals surface area contributed by atoms with Crippen LogP contribution in [-0.4, -0.2) is 38.6 Å². The molecule has 1 amide bonds. The van der Waals surface area contributed by atoms with E-state index < -0.39 is 23.1 Å². The van der Waals surface area contributed by atoms with Crippen LogP contribution in [0.25, 0.3) is 10.9 Å². The Morgan fingerprint density at radius 2 is 2.00 bits per heavy atom. The van der Waals surface area contributed by atoms with Crippen LogP contribution in [0.4, 0.5) is 8.78 Å². The first-order chi connectivity index (χ1) is 17.0. The second-order valence-electron chi connectivity index (χ2n) is 7.32. The maximum absolute atomic E-state index is 13.4. The number of nitrogens with one attached hydrogen (secondary N) is 1. The highest BCUT2D eigenvalue weighted by atomic mass is 19.2. The Morgan fingerprint density at radius 1 is 1.14 bits per heavy atom. The molecular weight excluding hydrogens is 456 g/mol. The summed E-state index contributed by atoms with van der Waals surface area (Å²) < 4.78 is 33.2. The average molecular weight is 475 g/mol. The molecule has 4 aromatic rings. The quantitative estimate of drug-likeness (QED) is 0.431. The number of benzene rings is 2. The second kappa shape index (κ2) is 10.5. The van der Waals surface area contributed by atoms with E-state index in [1.165, 1.54) is 18.7 Å². The summed E-state index contributed by atoms with van der Waals surface area (Å²) in [7, 11) is 0. The molecule has 2 heterocycles. The van der Waals surface area contributed by atoms with Crippen LogP contribution < -0.4 is 15.6 Å². The lowest BCUT2D eigenvalue weighted by Crippen LogP contribution is -2.33. The SMILES string of the molecule is CCOc1ncnc2ccc(C#CCNC(=O)c3cncn(Cc4ccc(F)c(F)c4)c3=O)cc12. The molecule has 4 rings (SSSR count). The Morgan fingerprint density at radius 3 is 2.80 bits per heavy atom. The molecule has 0 radical (unpaired) electrons. The highest BCUT2D eigenvalue weighted by Gasteiger charge is 2.13. The van der Waals surface area contributed by atoms with E-state index in [1.54, 1.807) is 18.2 Å². The lowest BCUT2D eigenvalue weighted by atomic mass is 10.1. The smallest absolute Gasteiger partial charge is 0.266 e. The first kappa shape index (κ1) is 23.5. The van der Waals surface area contributed by atoms with Crippen LogP contribution >= 0.6 is 0 Å². The number of ether oxygens (including phenoxy) is 1. The van der Waals surface area contributed by atoms with E-state index in [2.05, 4.69) is 32.1 Å². The molecule has 2 aromatic heterocycles. The van der Waals surface area contributed by atoms with Crippen molar-refractivity contribution in [2.75, 3.05) is 13.2 Å². The zero-order chi connectivity index (χ0) is 24.8. The van der Waals surface area contributed by atoms with Gasteiger partial charge in [-0.05, 0) is 42.8 Å². The number of hydrogen-bond donors (Lipinski definition) is 1. The number of carbonyl (C=O) groups excluding carboxylic acids is 1. The summed E-state index contributed by atoms with van der Waals surface area (Å²) in [4.78, 5) is 37.4. The van der Waals surface area contributed by atoms with Crippen molar-refractivity contribution in [3.8, 4) is 17.7 Å². The highest BCUT2D eigenvalue weighted by molar-refractivity contribution is 5.93. The molecule has 176 valence electrons. The Kier molecular flexibility index (Phi) is 7.07. The molecule has 2 aromatic carbocycles. The molecule has 0 fully saturated rings. The van der Waals surface area contributed by atoms with Gasteiger partial charge in [-0.2, -0.15) is 0 Å². The third-order valence-electron chi connectivity index (χ3n) is 4.93. The van der Waals surface area contributed by atoms with Crippen LogP contribution in [0.3, 0.4) is 0 Å². The molecule has 0 aliphatic carbocycles. The van der Waals surface area contributed by atoms with E-state index in [0.29, 0.717) is 23.6 Å². The van der Waals surface area contributed by atoms with Gasteiger partial charge in [-0.3, -0.25) is 14.2 Å². The maximum atomic E-state index is 13.4. The van der Waals surface area contributed by atoms with Crippen LogP contribution in [0, 0.1) is 23.5 Å². The van der Waals surface area contributed by atoms with Gasteiger partial charge in [0, 0.05) is 11.8 Å². The molecule has 0 atom stereocenters. The van der Waals surface area contributed by atoms with E-state index in [-0.39, 0.29) is 18.7 Å². The van der Waals surface area contributed by atoms with Gasteiger partial charge in [-0.25, -0.2) is 23.7 Å². The lowest BCUT2D eigenvalue weighted by molar-refractivity contribution is 0.0956. The van der Waals surface area contributed by atoms with Crippen LogP contribution in [0.2, 0.25) is 0 Å². The highest BCUT2D eigenvalue weighted by Crippen LogP contribution is 2.22. The van der Waals surface area contributed by atoms with Crippen molar-refractivity contribution >= 4 is 16.8 Å². The van der Waals surface area contributed by atoms with E-state index in [0.717, 1.165) is 33.8 Å². The van der Waals surface area contributed by atoms with Crippen molar-refractivity contribution in [2.24, 2.45) is 0 Å². The molecular formula is C25H19F2N5O3. The Hall–Kier alpha value is -4.65. The van der Waals surface area contributed by atoms with Gasteiger partial charge >= 0.3 is 0 Å². The largest absolute Gasteiger partial charge is 0.477 e. The number of halogens is 2. The summed E-state index contributed by atoms with van der Waals surface area (Å²) in [5.74, 6) is 3.58. The van der Waals surface area contributed by atoms with Crippen molar-refractivity contribution in [3.63, 3.8) is 0 Å². The van der Waals surface area contributed by atoms with Crippen molar-refractivity contribution in [1.29, 1.82) is 0 Å². The van der Waals surface area contributed by atoms with Gasteiger partial charge in [0.1, 0.15) is 11.9 Å². The number of fused-ring (bicyclic) bond motifs is 1. The van der Waals surface area contributed by atoms with Gasteiger partial charge < -0.3 is 10.1 Å². The number of hydrogen-bond acceptors (Lipinski definition) is 6. The van der Waals surface area contributed by atoms with Crippen LogP contribution in [0.1, 0.15) is 28.4 Å². The first-order valence-electron chi connectivity index (χ1n) is 10.6. The zero-order valence-electron chi connectivity index (χ0n) is 18.6. The van der Waals surface area contributed by atoms with E-state index >= 15 is 0 Å². The standard InChI is InChI=1S/C25H19F2N5O3/c1-2-35-24-18-10-16(6-8-22(18)30-14-31-24)4-3-9-29-23(33)19-12-28-15-32(25(19)34)13-17-5-7-20(26)21(27)11-17/h5-8,10-12,14-15H,2,9,13H2,1H3,(H,29,33). The minimum absolute atomic E-state index is 0.0159. The second-order valence-corrected chi connectivity index (χ2v) is 7.32. The van der Waals surface area contributed by atoms with E-state index in [4.69, 9.17) is 4.74 Å². The van der Waals surface area contributed by atoms with Crippen LogP contribution in [0.15, 0.2) is 60.0 Å². The summed E-state index contributed by atoms with van der Waals surface area (Å²) >= 11 is 0. The van der Waals surface area contributed by atoms with Gasteiger partial charge in [0.25, 0.3) is 11.5 Å². The number of carbonyl (C=O) groups is 1. The third-order valence-corrected chi connectivity index (χ3v) is 4.93. The minimum atomic E-state index is -1.02. The summed E-state index contributed by atoms with van der Waals surface area (Å²) in [6.45, 7) is 2.24. The molecule has 0 unspecified atom stereocenters. The maximum Gasteiger partial charge on any atom is 0.266 e. The summed E-state index contributed by atoms with van der Waals surface area (Å²) in [5.41, 5.74) is 0.940. The van der Waals surface area contributed by atoms with Gasteiger partial charge in [0.05, 0.1) is 36.9 Å². The molecule has 1 N–H and O–H groups in total. The van der Waals surface area contributed by atoms with Crippen molar-refractivity contribution in [3.05, 3.63) is 93.9 Å². The first-order valence-corrected chi connectivity index (χ1v) is 10.6. The molecule has 0 spiro atoms. The lowest BCUT2D eigenvalue weighted by Gasteiger charge is -2.08. The van der Waals surface area contributed by atoms with E-state index in [9.17, 15) is 18.4 Å². The van der Waals surface area contributed by atoms with Crippen molar-refractivity contribution < 1.29 is 18.3 Å². The van der Waals surface area contributed by atoms with Gasteiger partial charge in [-0.15, -0.1) is 0 Å². The monoisotopic (exact) mass is 475 g/mol. The molecule has 0 aliphatic heterocycles. The number of amides is 1. The van der Waals surface area contributed by atoms with Gasteiger partial charge in [0.2, 0.25) is 5.88 Å². The van der Waals surface area contributed by atoms with Crippen LogP contribution in [0.5, 0.6) is 5.88 Å². The zero-order valence-corrected chi connectivity index (χ0v) is 18.6. The number of rotatable bonds is 6. The predicted molar refractivity (Wildman–Crippen MR) is 124 cm³/mol. The van der Waals surface area contributed by atoms with Gasteiger partial charge in [0.15, 0.2) is 11.6 Å². The van der Waals surface area contributed by atoms with Crippen molar-refractivity contribution in [2.45, 2.75) is 13.5 Å². The summed E-state index contributed by atoms with van der Waals surface area (Å²) in [6, 6.07) is 8.70. The van der Waals surface area contributed by atoms with Crippen molar-refractivity contribution in [1.82, 2.24) is 24.8 Å². The number of nitrogens with zero attached hydrogens (tertiary/aromatic N) is 4. The fourth-order valence-corrected chi connectivity index (χ4v) is 3.28. The van der Waals surface area contributed by atoms with E-state index in [1.807, 2.05) is 6.92 Å². The summed E-state index contributed by atoms with van der Waals surface area (Å²) in [5, 5.41) is 3.29. The third kappa shape index (κ3) is 5.47. The Labute approximate surface area is 198 Å². The van der Waals surface area contributed by atoms with Gasteiger partial charge in [-0.1, -0.05) is 17.9 Å². The molecule has 8 nitrogen and oxygen atoms in total. The average Bonchev–Trinajstić information content (AvgIpc) is 2.85. The summed E-state index contributed by atoms with van der Waals surface area (Å²) in [6.07, 6.45) is 3.80. The fourth-order valence-electron chi connectivity index (χ4n) is 3.28. The molecule has 35 heavy (non-hydrogen) atoms. The molecule has 0 aliphatic rings. The Balaban J connectivity index is 1.44. The molecule has 0 bridgehead atoms. The Bertz CT molecular complexity index is 1530. The predicted octanol–water partition coefficient (Wildman–Crippen LogP) is 2.69. The molecule has 0 saturated heterocycles.